The van der Waals surface area contributed by atoms with Gasteiger partial charge in [0, 0.05) is 5.56 Å². The van der Waals surface area contributed by atoms with Gasteiger partial charge in [0.1, 0.15) is 28.7 Å². The number of amides is 1. The summed E-state index contributed by atoms with van der Waals surface area (Å²) in [5.41, 5.74) is 5.19. The van der Waals surface area contributed by atoms with E-state index in [-0.39, 0.29) is 5.75 Å². The van der Waals surface area contributed by atoms with Crippen LogP contribution in [0.2, 0.25) is 0 Å². The number of imidazole rings is 1. The van der Waals surface area contributed by atoms with Crippen LogP contribution < -0.4 is 5.32 Å². The highest BCUT2D eigenvalue weighted by Gasteiger charge is 2.27. The quantitative estimate of drug-likeness (QED) is 0.212. The fourth-order valence-corrected chi connectivity index (χ4v) is 4.62. The number of aromatic hydroxyl groups is 1. The first-order chi connectivity index (χ1) is 18.7. The molecule has 2 heterocycles. The number of carbonyl (C=O) groups excluding carboxylic acids is 1. The maximum absolute atomic E-state index is 11.3. The number of anilines is 1. The molecule has 0 aliphatic rings. The van der Waals surface area contributed by atoms with Crippen molar-refractivity contribution in [1.29, 1.82) is 0 Å². The maximum Gasteiger partial charge on any atom is 0.212 e. The lowest BCUT2D eigenvalue weighted by Crippen LogP contribution is -2.19. The molecule has 10 heteroatoms. The molecule has 0 radical (unpaired) electrons. The van der Waals surface area contributed by atoms with E-state index in [9.17, 15) is 15.0 Å². The number of hydrogen-bond acceptors (Lipinski definition) is 7. The largest absolute Gasteiger partial charge is 0.508 e. The Kier molecular flexibility index (Phi) is 6.95. The van der Waals surface area contributed by atoms with Crippen LogP contribution in [-0.4, -0.2) is 46.8 Å². The second-order valence-electron chi connectivity index (χ2n) is 9.92. The summed E-state index contributed by atoms with van der Waals surface area (Å²) in [5, 5.41) is 37.5. The zero-order valence-corrected chi connectivity index (χ0v) is 21.9. The highest BCUT2D eigenvalue weighted by atomic mass is 16.3. The van der Waals surface area contributed by atoms with Crippen LogP contribution in [0.5, 0.6) is 5.75 Å². The SMILES string of the molecule is Cc1nc(C(C)(C)O)c(NC=O)n1Cc1ccc(-c2cc(Cc3ccc(O)cc3)ccc2-c2nn[nH]n2)cc1. The number of tetrazole rings is 1. The first-order valence-corrected chi connectivity index (χ1v) is 12.5. The summed E-state index contributed by atoms with van der Waals surface area (Å²) in [6.07, 6.45) is 1.30. The van der Waals surface area contributed by atoms with E-state index >= 15 is 0 Å². The normalized spacial score (nSPS) is 11.5. The van der Waals surface area contributed by atoms with E-state index in [0.29, 0.717) is 42.5 Å². The first kappa shape index (κ1) is 25.8. The van der Waals surface area contributed by atoms with Crippen molar-refractivity contribution in [3.63, 3.8) is 0 Å². The standard InChI is InChI=1S/C29H29N7O3/c1-18-31-26(29(2,3)39)28(30-17-37)36(18)16-20-4-9-22(10-5-20)25-15-21(14-19-6-11-23(38)12-7-19)8-13-24(25)27-32-34-35-33-27/h4-13,15,17,38-39H,14,16H2,1-3H3,(H,30,37)(H,32,33,34,35). The third-order valence-electron chi connectivity index (χ3n) is 6.55. The average molecular weight is 524 g/mol. The van der Waals surface area contributed by atoms with Gasteiger partial charge in [0.2, 0.25) is 12.2 Å². The number of carbonyl (C=O) groups is 1. The van der Waals surface area contributed by atoms with E-state index in [1.165, 1.54) is 0 Å². The highest BCUT2D eigenvalue weighted by Crippen LogP contribution is 2.33. The lowest BCUT2D eigenvalue weighted by molar-refractivity contribution is -0.105. The van der Waals surface area contributed by atoms with Crippen molar-refractivity contribution >= 4 is 12.2 Å². The number of phenols is 1. The summed E-state index contributed by atoms with van der Waals surface area (Å²) >= 11 is 0. The molecule has 10 nitrogen and oxygen atoms in total. The molecule has 0 aliphatic carbocycles. The van der Waals surface area contributed by atoms with Crippen molar-refractivity contribution in [3.05, 3.63) is 94.9 Å². The van der Waals surface area contributed by atoms with E-state index in [1.807, 2.05) is 60.0 Å². The molecule has 0 spiro atoms. The molecule has 5 aromatic rings. The average Bonchev–Trinajstić information content (AvgIpc) is 3.55. The van der Waals surface area contributed by atoms with Gasteiger partial charge >= 0.3 is 0 Å². The van der Waals surface area contributed by atoms with Gasteiger partial charge in [-0.05, 0) is 72.4 Å². The topological polar surface area (TPSA) is 142 Å². The Morgan fingerprint density at radius 2 is 1.67 bits per heavy atom. The van der Waals surface area contributed by atoms with Gasteiger partial charge in [-0.2, -0.15) is 5.21 Å². The van der Waals surface area contributed by atoms with Crippen molar-refractivity contribution < 1.29 is 15.0 Å². The fraction of sp³-hybridized carbons (Fsp3) is 0.207. The molecular weight excluding hydrogens is 494 g/mol. The van der Waals surface area contributed by atoms with Crippen LogP contribution in [0, 0.1) is 6.92 Å². The van der Waals surface area contributed by atoms with Gasteiger partial charge in [0.15, 0.2) is 0 Å². The summed E-state index contributed by atoms with van der Waals surface area (Å²) in [7, 11) is 0. The van der Waals surface area contributed by atoms with Crippen molar-refractivity contribution in [3.8, 4) is 28.3 Å². The monoisotopic (exact) mass is 523 g/mol. The predicted octanol–water partition coefficient (Wildman–Crippen LogP) is 4.18. The van der Waals surface area contributed by atoms with Gasteiger partial charge in [0.05, 0.1) is 6.54 Å². The van der Waals surface area contributed by atoms with Crippen LogP contribution in [0.3, 0.4) is 0 Å². The van der Waals surface area contributed by atoms with Crippen LogP contribution >= 0.6 is 0 Å². The van der Waals surface area contributed by atoms with Crippen LogP contribution in [0.1, 0.15) is 42.1 Å². The van der Waals surface area contributed by atoms with E-state index in [1.54, 1.807) is 26.0 Å². The summed E-state index contributed by atoms with van der Waals surface area (Å²) < 4.78 is 1.87. The smallest absolute Gasteiger partial charge is 0.212 e. The molecule has 0 bridgehead atoms. The molecule has 5 rings (SSSR count). The molecule has 39 heavy (non-hydrogen) atoms. The van der Waals surface area contributed by atoms with E-state index < -0.39 is 5.60 Å². The van der Waals surface area contributed by atoms with Crippen LogP contribution in [-0.2, 0) is 23.4 Å². The Morgan fingerprint density at radius 3 is 2.31 bits per heavy atom. The second-order valence-corrected chi connectivity index (χ2v) is 9.92. The minimum absolute atomic E-state index is 0.239. The van der Waals surface area contributed by atoms with Crippen molar-refractivity contribution in [2.24, 2.45) is 0 Å². The minimum atomic E-state index is -1.21. The number of benzene rings is 3. The highest BCUT2D eigenvalue weighted by molar-refractivity contribution is 5.81. The molecule has 0 aliphatic heterocycles. The number of aliphatic hydroxyl groups is 1. The molecule has 0 fully saturated rings. The number of aromatic nitrogens is 6. The number of hydrogen-bond donors (Lipinski definition) is 4. The van der Waals surface area contributed by atoms with Crippen LogP contribution in [0.25, 0.3) is 22.5 Å². The lowest BCUT2D eigenvalue weighted by atomic mass is 9.94. The maximum atomic E-state index is 11.3. The van der Waals surface area contributed by atoms with Gasteiger partial charge < -0.3 is 20.1 Å². The first-order valence-electron chi connectivity index (χ1n) is 12.5. The van der Waals surface area contributed by atoms with Crippen LogP contribution in [0.15, 0.2) is 66.7 Å². The molecule has 0 saturated heterocycles. The lowest BCUT2D eigenvalue weighted by Gasteiger charge is -2.17. The third-order valence-corrected chi connectivity index (χ3v) is 6.55. The zero-order valence-electron chi connectivity index (χ0n) is 21.9. The van der Waals surface area contributed by atoms with Crippen molar-refractivity contribution in [1.82, 2.24) is 30.2 Å². The number of rotatable bonds is 9. The number of aryl methyl sites for hydroxylation is 1. The summed E-state index contributed by atoms with van der Waals surface area (Å²) in [6.45, 7) is 5.59. The molecule has 2 aromatic heterocycles. The Labute approximate surface area is 225 Å². The fourth-order valence-electron chi connectivity index (χ4n) is 4.62. The molecule has 0 saturated carbocycles. The third kappa shape index (κ3) is 5.55. The van der Waals surface area contributed by atoms with Gasteiger partial charge in [-0.15, -0.1) is 10.2 Å². The van der Waals surface area contributed by atoms with E-state index in [0.717, 1.165) is 33.4 Å². The number of phenolic OH excluding ortho intramolecular Hbond substituents is 1. The predicted molar refractivity (Wildman–Crippen MR) is 147 cm³/mol. The Hall–Kier alpha value is -4.83. The molecule has 198 valence electrons. The van der Waals surface area contributed by atoms with Gasteiger partial charge in [-0.3, -0.25) is 4.79 Å². The Balaban J connectivity index is 1.48. The Morgan fingerprint density at radius 1 is 0.974 bits per heavy atom. The summed E-state index contributed by atoms with van der Waals surface area (Å²) in [4.78, 5) is 15.8. The van der Waals surface area contributed by atoms with E-state index in [2.05, 4.69) is 37.0 Å². The number of H-pyrrole nitrogens is 1. The molecule has 4 N–H and O–H groups in total. The minimum Gasteiger partial charge on any atom is -0.508 e. The molecule has 0 unspecified atom stereocenters. The summed E-state index contributed by atoms with van der Waals surface area (Å²) in [5.74, 6) is 1.90. The number of nitrogens with zero attached hydrogens (tertiary/aromatic N) is 5. The number of aromatic amines is 1. The van der Waals surface area contributed by atoms with Gasteiger partial charge in [-0.1, -0.05) is 54.6 Å². The zero-order chi connectivity index (χ0) is 27.6. The van der Waals surface area contributed by atoms with Crippen LogP contribution in [0.4, 0.5) is 5.82 Å². The molecular formula is C29H29N7O3. The van der Waals surface area contributed by atoms with Gasteiger partial charge in [-0.25, -0.2) is 4.98 Å². The number of nitrogens with one attached hydrogen (secondary N) is 2. The molecule has 0 atom stereocenters. The molecule has 3 aromatic carbocycles. The van der Waals surface area contributed by atoms with Crippen molar-refractivity contribution in [2.45, 2.75) is 39.3 Å². The van der Waals surface area contributed by atoms with Gasteiger partial charge in [0.25, 0.3) is 0 Å². The second kappa shape index (κ2) is 10.5. The molecule has 1 amide bonds. The van der Waals surface area contributed by atoms with E-state index in [4.69, 9.17) is 0 Å². The summed E-state index contributed by atoms with van der Waals surface area (Å²) in [6, 6.07) is 21.5. The Bertz CT molecular complexity index is 1580. The van der Waals surface area contributed by atoms with Crippen molar-refractivity contribution in [2.75, 3.05) is 5.32 Å².